The first-order valence-corrected chi connectivity index (χ1v) is 9.49. The summed E-state index contributed by atoms with van der Waals surface area (Å²) >= 11 is 0. The molecule has 1 unspecified atom stereocenters. The second-order valence-electron chi connectivity index (χ2n) is 5.88. The number of hydrogen-bond donors (Lipinski definition) is 0. The van der Waals surface area contributed by atoms with E-state index in [-0.39, 0.29) is 4.90 Å². The standard InChI is InChI=1S/C21H18O3S/c1-16-12-14-19(15-13-16)25(23,24)21(18-10-6-3-7-11-18)20(22)17-8-4-2-5-9-17/h2-15,21H,1H3. The molecule has 0 N–H and O–H groups in total. The van der Waals surface area contributed by atoms with Gasteiger partial charge in [0, 0.05) is 5.56 Å². The molecular formula is C21H18O3S. The topological polar surface area (TPSA) is 51.2 Å². The van der Waals surface area contributed by atoms with Crippen LogP contribution in [-0.2, 0) is 9.84 Å². The first kappa shape index (κ1) is 17.1. The van der Waals surface area contributed by atoms with Crippen molar-refractivity contribution in [2.24, 2.45) is 0 Å². The summed E-state index contributed by atoms with van der Waals surface area (Å²) in [5.74, 6) is -0.424. The lowest BCUT2D eigenvalue weighted by Crippen LogP contribution is -2.23. The van der Waals surface area contributed by atoms with Crippen LogP contribution in [0, 0.1) is 6.92 Å². The molecule has 3 aromatic rings. The average molecular weight is 350 g/mol. The van der Waals surface area contributed by atoms with E-state index in [0.717, 1.165) is 5.56 Å². The summed E-state index contributed by atoms with van der Waals surface area (Å²) in [7, 11) is -3.87. The van der Waals surface area contributed by atoms with Gasteiger partial charge in [-0.25, -0.2) is 8.42 Å². The van der Waals surface area contributed by atoms with E-state index in [1.807, 2.05) is 6.92 Å². The molecular weight excluding hydrogens is 332 g/mol. The number of rotatable bonds is 5. The summed E-state index contributed by atoms with van der Waals surface area (Å²) in [6.45, 7) is 1.89. The van der Waals surface area contributed by atoms with Crippen LogP contribution in [-0.4, -0.2) is 14.2 Å². The number of benzene rings is 3. The molecule has 0 saturated heterocycles. The van der Waals surface area contributed by atoms with E-state index < -0.39 is 20.9 Å². The van der Waals surface area contributed by atoms with E-state index in [1.54, 1.807) is 84.9 Å². The van der Waals surface area contributed by atoms with Crippen LogP contribution < -0.4 is 0 Å². The maximum Gasteiger partial charge on any atom is 0.192 e. The molecule has 1 atom stereocenters. The van der Waals surface area contributed by atoms with Crippen LogP contribution in [0.3, 0.4) is 0 Å². The third-order valence-corrected chi connectivity index (χ3v) is 6.09. The minimum absolute atomic E-state index is 0.149. The highest BCUT2D eigenvalue weighted by Gasteiger charge is 2.35. The summed E-state index contributed by atoms with van der Waals surface area (Å²) in [4.78, 5) is 13.2. The van der Waals surface area contributed by atoms with Gasteiger partial charge in [-0.1, -0.05) is 78.4 Å². The molecule has 0 aromatic heterocycles. The Morgan fingerprint density at radius 2 is 1.28 bits per heavy atom. The smallest absolute Gasteiger partial charge is 0.192 e. The number of hydrogen-bond acceptors (Lipinski definition) is 3. The van der Waals surface area contributed by atoms with Crippen LogP contribution in [0.2, 0.25) is 0 Å². The predicted molar refractivity (Wildman–Crippen MR) is 98.3 cm³/mol. The van der Waals surface area contributed by atoms with Gasteiger partial charge >= 0.3 is 0 Å². The minimum Gasteiger partial charge on any atom is -0.292 e. The Labute approximate surface area is 147 Å². The van der Waals surface area contributed by atoms with Crippen molar-refractivity contribution in [1.29, 1.82) is 0 Å². The van der Waals surface area contributed by atoms with Crippen LogP contribution in [0.1, 0.15) is 26.7 Å². The highest BCUT2D eigenvalue weighted by atomic mass is 32.2. The van der Waals surface area contributed by atoms with Crippen LogP contribution >= 0.6 is 0 Å². The van der Waals surface area contributed by atoms with Gasteiger partial charge in [-0.15, -0.1) is 0 Å². The first-order valence-electron chi connectivity index (χ1n) is 7.95. The van der Waals surface area contributed by atoms with Gasteiger partial charge in [0.25, 0.3) is 0 Å². The van der Waals surface area contributed by atoms with Crippen LogP contribution in [0.25, 0.3) is 0 Å². The molecule has 0 aliphatic carbocycles. The predicted octanol–water partition coefficient (Wildman–Crippen LogP) is 4.39. The summed E-state index contributed by atoms with van der Waals surface area (Å²) < 4.78 is 26.5. The number of carbonyl (C=O) groups is 1. The highest BCUT2D eigenvalue weighted by Crippen LogP contribution is 2.32. The zero-order chi connectivity index (χ0) is 17.9. The van der Waals surface area contributed by atoms with Gasteiger partial charge in [-0.3, -0.25) is 4.79 Å². The van der Waals surface area contributed by atoms with Crippen molar-refractivity contribution in [2.75, 3.05) is 0 Å². The maximum absolute atomic E-state index is 13.2. The average Bonchev–Trinajstić information content (AvgIpc) is 2.63. The van der Waals surface area contributed by atoms with E-state index in [0.29, 0.717) is 11.1 Å². The van der Waals surface area contributed by atoms with Crippen molar-refractivity contribution in [3.05, 3.63) is 102 Å². The maximum atomic E-state index is 13.2. The van der Waals surface area contributed by atoms with Crippen LogP contribution in [0.15, 0.2) is 89.8 Å². The largest absolute Gasteiger partial charge is 0.292 e. The third-order valence-electron chi connectivity index (χ3n) is 4.06. The Hall–Kier alpha value is -2.72. The Morgan fingerprint density at radius 3 is 1.84 bits per heavy atom. The molecule has 0 amide bonds. The Kier molecular flexibility index (Phi) is 4.81. The number of aryl methyl sites for hydroxylation is 1. The molecule has 0 heterocycles. The van der Waals surface area contributed by atoms with Gasteiger partial charge in [0.15, 0.2) is 20.9 Å². The van der Waals surface area contributed by atoms with Gasteiger partial charge in [0.05, 0.1) is 4.90 Å². The number of Topliss-reactive ketones (excluding diaryl/α,β-unsaturated/α-hetero) is 1. The molecule has 0 spiro atoms. The molecule has 3 aromatic carbocycles. The van der Waals surface area contributed by atoms with Crippen molar-refractivity contribution in [3.63, 3.8) is 0 Å². The van der Waals surface area contributed by atoms with Crippen molar-refractivity contribution in [1.82, 2.24) is 0 Å². The fourth-order valence-corrected chi connectivity index (χ4v) is 4.44. The lowest BCUT2D eigenvalue weighted by molar-refractivity contribution is 0.0986. The summed E-state index contributed by atoms with van der Waals surface area (Å²) in [6, 6.07) is 23.8. The Bertz CT molecular complexity index is 961. The zero-order valence-electron chi connectivity index (χ0n) is 13.8. The number of sulfone groups is 1. The first-order chi connectivity index (χ1) is 12.0. The van der Waals surface area contributed by atoms with Gasteiger partial charge in [0.2, 0.25) is 0 Å². The van der Waals surface area contributed by atoms with Gasteiger partial charge < -0.3 is 0 Å². The fraction of sp³-hybridized carbons (Fsp3) is 0.0952. The molecule has 0 fully saturated rings. The molecule has 3 rings (SSSR count). The van der Waals surface area contributed by atoms with E-state index in [2.05, 4.69) is 0 Å². The van der Waals surface area contributed by atoms with Crippen molar-refractivity contribution in [2.45, 2.75) is 17.1 Å². The van der Waals surface area contributed by atoms with Gasteiger partial charge in [-0.05, 0) is 24.6 Å². The van der Waals surface area contributed by atoms with E-state index in [4.69, 9.17) is 0 Å². The van der Waals surface area contributed by atoms with E-state index in [1.165, 1.54) is 0 Å². The van der Waals surface area contributed by atoms with E-state index >= 15 is 0 Å². The van der Waals surface area contributed by atoms with Crippen molar-refractivity contribution >= 4 is 15.6 Å². The molecule has 25 heavy (non-hydrogen) atoms. The zero-order valence-corrected chi connectivity index (χ0v) is 14.6. The lowest BCUT2D eigenvalue weighted by Gasteiger charge is -2.17. The second kappa shape index (κ2) is 7.03. The van der Waals surface area contributed by atoms with Crippen LogP contribution in [0.5, 0.6) is 0 Å². The minimum atomic E-state index is -3.87. The van der Waals surface area contributed by atoms with Crippen molar-refractivity contribution < 1.29 is 13.2 Å². The number of ketones is 1. The number of carbonyl (C=O) groups excluding carboxylic acids is 1. The monoisotopic (exact) mass is 350 g/mol. The molecule has 126 valence electrons. The SMILES string of the molecule is Cc1ccc(S(=O)(=O)C(C(=O)c2ccccc2)c2ccccc2)cc1. The molecule has 0 saturated carbocycles. The summed E-state index contributed by atoms with van der Waals surface area (Å²) in [5.41, 5.74) is 1.81. The molecule has 0 bridgehead atoms. The molecule has 3 nitrogen and oxygen atoms in total. The third kappa shape index (κ3) is 3.54. The summed E-state index contributed by atoms with van der Waals surface area (Å²) in [5, 5.41) is -1.26. The fourth-order valence-electron chi connectivity index (χ4n) is 2.72. The van der Waals surface area contributed by atoms with E-state index in [9.17, 15) is 13.2 Å². The normalized spacial score (nSPS) is 12.5. The highest BCUT2D eigenvalue weighted by molar-refractivity contribution is 7.92. The van der Waals surface area contributed by atoms with Gasteiger partial charge in [0.1, 0.15) is 0 Å². The Balaban J connectivity index is 2.15. The molecule has 4 heteroatoms. The van der Waals surface area contributed by atoms with Crippen LogP contribution in [0.4, 0.5) is 0 Å². The molecule has 0 aliphatic heterocycles. The van der Waals surface area contributed by atoms with Gasteiger partial charge in [-0.2, -0.15) is 0 Å². The second-order valence-corrected chi connectivity index (χ2v) is 7.91. The molecule has 0 radical (unpaired) electrons. The quantitative estimate of drug-likeness (QED) is 0.641. The lowest BCUT2D eigenvalue weighted by atomic mass is 10.0. The van der Waals surface area contributed by atoms with Crippen molar-refractivity contribution in [3.8, 4) is 0 Å². The Morgan fingerprint density at radius 1 is 0.760 bits per heavy atom. The molecule has 0 aliphatic rings. The summed E-state index contributed by atoms with van der Waals surface area (Å²) in [6.07, 6.45) is 0.